The Bertz CT molecular complexity index is 1830. The smallest absolute Gasteiger partial charge is 0.243 e. The SMILES string of the molecule is O=C1c2cc(S(=O)(=O)N3CCN(Cc4ccccc4)CC3)ccc2-c2ccc(S(=O)(=O)N3CCN(Cc4ccccc4)CC3)cc21. The van der Waals surface area contributed by atoms with E-state index >= 15 is 0 Å². The monoisotopic (exact) mass is 656 g/mol. The van der Waals surface area contributed by atoms with Crippen LogP contribution in [0, 0.1) is 0 Å². The third kappa shape index (κ3) is 5.94. The Morgan fingerprint density at radius 1 is 0.457 bits per heavy atom. The maximum absolute atomic E-state index is 13.6. The van der Waals surface area contributed by atoms with E-state index in [9.17, 15) is 21.6 Å². The van der Waals surface area contributed by atoms with E-state index in [0.29, 0.717) is 63.5 Å². The number of rotatable bonds is 8. The lowest BCUT2D eigenvalue weighted by Crippen LogP contribution is -2.48. The van der Waals surface area contributed by atoms with Crippen LogP contribution in [0.2, 0.25) is 0 Å². The number of piperazine rings is 2. The summed E-state index contributed by atoms with van der Waals surface area (Å²) in [5.74, 6) is -0.362. The number of hydrogen-bond donors (Lipinski definition) is 0. The van der Waals surface area contributed by atoms with Crippen molar-refractivity contribution < 1.29 is 21.6 Å². The van der Waals surface area contributed by atoms with Gasteiger partial charge in [-0.1, -0.05) is 72.8 Å². The van der Waals surface area contributed by atoms with Crippen LogP contribution in [0.5, 0.6) is 0 Å². The Morgan fingerprint density at radius 3 is 1.20 bits per heavy atom. The molecule has 0 bridgehead atoms. The van der Waals surface area contributed by atoms with E-state index in [-0.39, 0.29) is 26.7 Å². The molecule has 0 radical (unpaired) electrons. The molecule has 0 N–H and O–H groups in total. The van der Waals surface area contributed by atoms with Crippen molar-refractivity contribution in [2.75, 3.05) is 52.4 Å². The van der Waals surface area contributed by atoms with Crippen LogP contribution in [0.1, 0.15) is 27.0 Å². The highest BCUT2D eigenvalue weighted by Gasteiger charge is 2.35. The van der Waals surface area contributed by atoms with Crippen molar-refractivity contribution in [3.63, 3.8) is 0 Å². The fourth-order valence-corrected chi connectivity index (χ4v) is 9.49. The summed E-state index contributed by atoms with van der Waals surface area (Å²) in [5.41, 5.74) is 4.17. The minimum Gasteiger partial charge on any atom is -0.296 e. The molecule has 2 saturated heterocycles. The first-order valence-corrected chi connectivity index (χ1v) is 18.4. The molecule has 2 heterocycles. The summed E-state index contributed by atoms with van der Waals surface area (Å²) in [4.78, 5) is 18.2. The predicted octanol–water partition coefficient (Wildman–Crippen LogP) is 3.91. The second kappa shape index (κ2) is 12.5. The molecule has 0 aromatic heterocycles. The number of fused-ring (bicyclic) bond motifs is 3. The van der Waals surface area contributed by atoms with Crippen molar-refractivity contribution in [1.29, 1.82) is 0 Å². The quantitative estimate of drug-likeness (QED) is 0.250. The summed E-state index contributed by atoms with van der Waals surface area (Å²) in [5, 5.41) is 0. The van der Waals surface area contributed by atoms with Gasteiger partial charge in [0.25, 0.3) is 0 Å². The Hall–Kier alpha value is -3.71. The summed E-state index contributed by atoms with van der Waals surface area (Å²) in [7, 11) is -7.63. The van der Waals surface area contributed by atoms with Gasteiger partial charge in [-0.2, -0.15) is 8.61 Å². The zero-order chi connectivity index (χ0) is 31.9. The van der Waals surface area contributed by atoms with Gasteiger partial charge in [-0.25, -0.2) is 16.8 Å². The summed E-state index contributed by atoms with van der Waals surface area (Å²) in [6.07, 6.45) is 0. The molecule has 1 aliphatic carbocycles. The standard InChI is InChI=1S/C35H36N4O5S2/c40-35-33-23-29(45(41,42)38-19-15-36(16-20-38)25-27-7-3-1-4-8-27)11-13-31(33)32-14-12-30(24-34(32)35)46(43,44)39-21-17-37(18-22-39)26-28-9-5-2-6-10-28/h1-14,23-24H,15-22,25-26H2. The van der Waals surface area contributed by atoms with Crippen LogP contribution in [0.4, 0.5) is 0 Å². The van der Waals surface area contributed by atoms with Crippen molar-refractivity contribution in [3.05, 3.63) is 119 Å². The second-order valence-electron chi connectivity index (χ2n) is 12.1. The maximum Gasteiger partial charge on any atom is 0.243 e. The molecule has 0 atom stereocenters. The number of carbonyl (C=O) groups excluding carboxylic acids is 1. The van der Waals surface area contributed by atoms with E-state index in [1.54, 1.807) is 24.3 Å². The molecule has 2 fully saturated rings. The summed E-state index contributed by atoms with van der Waals surface area (Å²) < 4.78 is 57.5. The Labute approximate surface area is 270 Å². The molecule has 0 unspecified atom stereocenters. The van der Waals surface area contributed by atoms with Gasteiger partial charge < -0.3 is 0 Å². The highest BCUT2D eigenvalue weighted by atomic mass is 32.2. The van der Waals surface area contributed by atoms with Crippen LogP contribution >= 0.6 is 0 Å². The number of ketones is 1. The van der Waals surface area contributed by atoms with Crippen LogP contribution in [0.3, 0.4) is 0 Å². The van der Waals surface area contributed by atoms with E-state index < -0.39 is 20.0 Å². The molecular weight excluding hydrogens is 621 g/mol. The Balaban J connectivity index is 1.03. The summed E-state index contributed by atoms with van der Waals surface area (Å²) in [6.45, 7) is 5.44. The van der Waals surface area contributed by atoms with Crippen LogP contribution in [0.15, 0.2) is 107 Å². The van der Waals surface area contributed by atoms with E-state index in [1.165, 1.54) is 31.9 Å². The van der Waals surface area contributed by atoms with Gasteiger partial charge in [-0.15, -0.1) is 0 Å². The predicted molar refractivity (Wildman–Crippen MR) is 176 cm³/mol. The first-order chi connectivity index (χ1) is 22.2. The van der Waals surface area contributed by atoms with Crippen molar-refractivity contribution in [1.82, 2.24) is 18.4 Å². The number of sulfonamides is 2. The molecule has 11 heteroatoms. The molecule has 7 rings (SSSR count). The van der Waals surface area contributed by atoms with Gasteiger partial charge in [0.2, 0.25) is 20.0 Å². The summed E-state index contributed by atoms with van der Waals surface area (Å²) >= 11 is 0. The zero-order valence-corrected chi connectivity index (χ0v) is 27.1. The fraction of sp³-hybridized carbons (Fsp3) is 0.286. The topological polar surface area (TPSA) is 98.3 Å². The first-order valence-electron chi connectivity index (χ1n) is 15.6. The minimum absolute atomic E-state index is 0.0742. The molecule has 238 valence electrons. The lowest BCUT2D eigenvalue weighted by molar-refractivity contribution is 0.104. The first kappa shape index (κ1) is 30.9. The highest BCUT2D eigenvalue weighted by molar-refractivity contribution is 7.89. The van der Waals surface area contributed by atoms with E-state index in [4.69, 9.17) is 0 Å². The molecule has 3 aliphatic rings. The molecule has 46 heavy (non-hydrogen) atoms. The fourth-order valence-electron chi connectivity index (χ4n) is 6.60. The van der Waals surface area contributed by atoms with Crippen molar-refractivity contribution in [2.45, 2.75) is 22.9 Å². The maximum atomic E-state index is 13.6. The number of carbonyl (C=O) groups is 1. The molecule has 0 spiro atoms. The average Bonchev–Trinajstić information content (AvgIpc) is 3.36. The van der Waals surface area contributed by atoms with Gasteiger partial charge in [0.15, 0.2) is 5.78 Å². The van der Waals surface area contributed by atoms with E-state index in [0.717, 1.165) is 13.1 Å². The molecule has 4 aromatic carbocycles. The van der Waals surface area contributed by atoms with Crippen LogP contribution in [0.25, 0.3) is 11.1 Å². The van der Waals surface area contributed by atoms with Gasteiger partial charge in [-0.3, -0.25) is 14.6 Å². The third-order valence-electron chi connectivity index (χ3n) is 9.20. The van der Waals surface area contributed by atoms with Gasteiger partial charge in [0, 0.05) is 76.6 Å². The number of hydrogen-bond acceptors (Lipinski definition) is 7. The van der Waals surface area contributed by atoms with Gasteiger partial charge >= 0.3 is 0 Å². The second-order valence-corrected chi connectivity index (χ2v) is 16.0. The lowest BCUT2D eigenvalue weighted by atomic mass is 10.1. The number of benzene rings is 4. The molecule has 9 nitrogen and oxygen atoms in total. The normalized spacial score (nSPS) is 18.4. The summed E-state index contributed by atoms with van der Waals surface area (Å²) in [6, 6.07) is 29.5. The molecular formula is C35H36N4O5S2. The van der Waals surface area contributed by atoms with Crippen LogP contribution in [-0.4, -0.2) is 93.4 Å². The van der Waals surface area contributed by atoms with Gasteiger partial charge in [-0.05, 0) is 46.5 Å². The molecule has 2 aliphatic heterocycles. The number of nitrogens with zero attached hydrogens (tertiary/aromatic N) is 4. The lowest BCUT2D eigenvalue weighted by Gasteiger charge is -2.34. The van der Waals surface area contributed by atoms with Crippen LogP contribution in [-0.2, 0) is 33.1 Å². The van der Waals surface area contributed by atoms with Crippen molar-refractivity contribution >= 4 is 25.8 Å². The largest absolute Gasteiger partial charge is 0.296 e. The minimum atomic E-state index is -3.81. The van der Waals surface area contributed by atoms with Crippen molar-refractivity contribution in [2.24, 2.45) is 0 Å². The average molecular weight is 657 g/mol. The van der Waals surface area contributed by atoms with Crippen molar-refractivity contribution in [3.8, 4) is 11.1 Å². The van der Waals surface area contributed by atoms with E-state index in [1.807, 2.05) is 36.4 Å². The zero-order valence-electron chi connectivity index (χ0n) is 25.5. The van der Waals surface area contributed by atoms with E-state index in [2.05, 4.69) is 34.1 Å². The van der Waals surface area contributed by atoms with Gasteiger partial charge in [0.05, 0.1) is 9.79 Å². The van der Waals surface area contributed by atoms with Crippen LogP contribution < -0.4 is 0 Å². The molecule has 0 saturated carbocycles. The Kier molecular flexibility index (Phi) is 8.39. The molecule has 4 aromatic rings. The molecule has 0 amide bonds. The third-order valence-corrected chi connectivity index (χ3v) is 13.0. The Morgan fingerprint density at radius 2 is 0.826 bits per heavy atom. The highest BCUT2D eigenvalue weighted by Crippen LogP contribution is 2.39. The van der Waals surface area contributed by atoms with Gasteiger partial charge in [0.1, 0.15) is 0 Å².